The van der Waals surface area contributed by atoms with Gasteiger partial charge in [0.15, 0.2) is 0 Å². The summed E-state index contributed by atoms with van der Waals surface area (Å²) in [4.78, 5) is 12.5. The number of sulfonamides is 1. The Bertz CT molecular complexity index is 896. The number of rotatable bonds is 6. The monoisotopic (exact) mass is 394 g/mol. The number of nitrogens with zero attached hydrogens (tertiary/aromatic N) is 3. The molecule has 27 heavy (non-hydrogen) atoms. The molecule has 0 aliphatic carbocycles. The molecule has 1 aromatic heterocycles. The molecule has 0 spiro atoms. The standard InChI is InChI=1S/C18H23FN4O3S/c1-2-22-11-9-16(21-22)12-20-18(24)14-4-3-10-23(13-14)27(25,26)17-7-5-15(19)6-8-17/h5-9,11,14H,2-4,10,12-13H2,1H3,(H,20,24). The quantitative estimate of drug-likeness (QED) is 0.809. The molecule has 9 heteroatoms. The molecule has 1 N–H and O–H groups in total. The topological polar surface area (TPSA) is 84.3 Å². The largest absolute Gasteiger partial charge is 0.350 e. The summed E-state index contributed by atoms with van der Waals surface area (Å²) < 4.78 is 41.6. The van der Waals surface area contributed by atoms with E-state index in [9.17, 15) is 17.6 Å². The molecule has 0 radical (unpaired) electrons. The Morgan fingerprint density at radius 3 is 2.70 bits per heavy atom. The van der Waals surface area contributed by atoms with Crippen molar-refractivity contribution in [3.05, 3.63) is 48.0 Å². The third kappa shape index (κ3) is 4.54. The molecule has 1 saturated heterocycles. The fourth-order valence-electron chi connectivity index (χ4n) is 3.13. The molecule has 0 bridgehead atoms. The van der Waals surface area contributed by atoms with E-state index in [1.54, 1.807) is 4.68 Å². The van der Waals surface area contributed by atoms with Crippen molar-refractivity contribution in [1.29, 1.82) is 0 Å². The van der Waals surface area contributed by atoms with Gasteiger partial charge in [-0.25, -0.2) is 12.8 Å². The number of piperidine rings is 1. The normalized spacial score (nSPS) is 18.4. The van der Waals surface area contributed by atoms with Gasteiger partial charge < -0.3 is 5.32 Å². The summed E-state index contributed by atoms with van der Waals surface area (Å²) in [5, 5.41) is 7.15. The highest BCUT2D eigenvalue weighted by molar-refractivity contribution is 7.89. The van der Waals surface area contributed by atoms with E-state index in [4.69, 9.17) is 0 Å². The second-order valence-corrected chi connectivity index (χ2v) is 8.47. The molecule has 2 aromatic rings. The summed E-state index contributed by atoms with van der Waals surface area (Å²) >= 11 is 0. The number of halogens is 1. The number of nitrogens with one attached hydrogen (secondary N) is 1. The van der Waals surface area contributed by atoms with Crippen molar-refractivity contribution in [2.75, 3.05) is 13.1 Å². The maximum atomic E-state index is 13.1. The van der Waals surface area contributed by atoms with Crippen LogP contribution < -0.4 is 5.32 Å². The lowest BCUT2D eigenvalue weighted by Crippen LogP contribution is -2.45. The van der Waals surface area contributed by atoms with E-state index in [1.807, 2.05) is 19.2 Å². The van der Waals surface area contributed by atoms with E-state index >= 15 is 0 Å². The number of carbonyl (C=O) groups excluding carboxylic acids is 1. The molecular weight excluding hydrogens is 371 g/mol. The molecule has 7 nitrogen and oxygen atoms in total. The summed E-state index contributed by atoms with van der Waals surface area (Å²) in [6, 6.07) is 6.58. The van der Waals surface area contributed by atoms with E-state index in [0.29, 0.717) is 25.9 Å². The lowest BCUT2D eigenvalue weighted by Gasteiger charge is -2.31. The van der Waals surface area contributed by atoms with Gasteiger partial charge in [-0.2, -0.15) is 9.40 Å². The van der Waals surface area contributed by atoms with Crippen LogP contribution in [0.1, 0.15) is 25.5 Å². The summed E-state index contributed by atoms with van der Waals surface area (Å²) in [5.74, 6) is -1.09. The summed E-state index contributed by atoms with van der Waals surface area (Å²) in [7, 11) is -3.74. The molecule has 3 rings (SSSR count). The van der Waals surface area contributed by atoms with Crippen LogP contribution in [0, 0.1) is 11.7 Å². The highest BCUT2D eigenvalue weighted by Crippen LogP contribution is 2.24. The van der Waals surface area contributed by atoms with Crippen molar-refractivity contribution < 1.29 is 17.6 Å². The minimum atomic E-state index is -3.74. The van der Waals surface area contributed by atoms with Crippen molar-refractivity contribution in [3.63, 3.8) is 0 Å². The highest BCUT2D eigenvalue weighted by Gasteiger charge is 2.33. The van der Waals surface area contributed by atoms with Gasteiger partial charge in [0.25, 0.3) is 0 Å². The van der Waals surface area contributed by atoms with Crippen LogP contribution in [0.15, 0.2) is 41.4 Å². The smallest absolute Gasteiger partial charge is 0.243 e. The molecule has 1 amide bonds. The Labute approximate surface area is 158 Å². The Kier molecular flexibility index (Phi) is 5.91. The van der Waals surface area contributed by atoms with Crippen LogP contribution >= 0.6 is 0 Å². The first kappa shape index (κ1) is 19.5. The zero-order chi connectivity index (χ0) is 19.4. The van der Waals surface area contributed by atoms with Gasteiger partial charge in [0.2, 0.25) is 15.9 Å². The molecule has 1 atom stereocenters. The molecule has 0 saturated carbocycles. The first-order valence-electron chi connectivity index (χ1n) is 8.96. The summed E-state index contributed by atoms with van der Waals surface area (Å²) in [5.41, 5.74) is 0.761. The van der Waals surface area contributed by atoms with Gasteiger partial charge in [-0.05, 0) is 50.1 Å². The lowest BCUT2D eigenvalue weighted by molar-refractivity contribution is -0.126. The van der Waals surface area contributed by atoms with Crippen molar-refractivity contribution in [1.82, 2.24) is 19.4 Å². The van der Waals surface area contributed by atoms with Crippen molar-refractivity contribution in [3.8, 4) is 0 Å². The van der Waals surface area contributed by atoms with Gasteiger partial charge in [0.1, 0.15) is 5.82 Å². The maximum Gasteiger partial charge on any atom is 0.243 e. The number of benzene rings is 1. The van der Waals surface area contributed by atoms with Gasteiger partial charge >= 0.3 is 0 Å². The van der Waals surface area contributed by atoms with E-state index in [1.165, 1.54) is 16.4 Å². The molecular formula is C18H23FN4O3S. The molecule has 2 heterocycles. The third-order valence-corrected chi connectivity index (χ3v) is 6.55. The fourth-order valence-corrected chi connectivity index (χ4v) is 4.65. The molecule has 146 valence electrons. The zero-order valence-corrected chi connectivity index (χ0v) is 16.0. The van der Waals surface area contributed by atoms with Gasteiger partial charge in [-0.1, -0.05) is 0 Å². The van der Waals surface area contributed by atoms with Crippen LogP contribution in [-0.4, -0.2) is 41.5 Å². The van der Waals surface area contributed by atoms with Crippen LogP contribution in [0.3, 0.4) is 0 Å². The first-order chi connectivity index (χ1) is 12.9. The van der Waals surface area contributed by atoms with E-state index < -0.39 is 21.8 Å². The SMILES string of the molecule is CCn1ccc(CNC(=O)C2CCCN(S(=O)(=O)c3ccc(F)cc3)C2)n1. The van der Waals surface area contributed by atoms with Crippen LogP contribution in [-0.2, 0) is 27.9 Å². The van der Waals surface area contributed by atoms with Gasteiger partial charge in [0.05, 0.1) is 23.1 Å². The molecule has 1 aliphatic heterocycles. The van der Waals surface area contributed by atoms with Gasteiger partial charge in [0, 0.05) is 25.8 Å². The van der Waals surface area contributed by atoms with Gasteiger partial charge in [-0.15, -0.1) is 0 Å². The predicted octanol–water partition coefficient (Wildman–Crippen LogP) is 1.76. The van der Waals surface area contributed by atoms with Crippen LogP contribution in [0.2, 0.25) is 0 Å². The minimum Gasteiger partial charge on any atom is -0.350 e. The Hall–Kier alpha value is -2.26. The molecule has 1 aromatic carbocycles. The number of aromatic nitrogens is 2. The average molecular weight is 394 g/mol. The minimum absolute atomic E-state index is 0.0371. The first-order valence-corrected chi connectivity index (χ1v) is 10.4. The molecule has 1 fully saturated rings. The average Bonchev–Trinajstić information content (AvgIpc) is 3.14. The van der Waals surface area contributed by atoms with Crippen LogP contribution in [0.25, 0.3) is 0 Å². The maximum absolute atomic E-state index is 13.1. The van der Waals surface area contributed by atoms with E-state index in [0.717, 1.165) is 24.4 Å². The van der Waals surface area contributed by atoms with E-state index in [2.05, 4.69) is 10.4 Å². The number of aryl methyl sites for hydroxylation is 1. The van der Waals surface area contributed by atoms with E-state index in [-0.39, 0.29) is 17.3 Å². The zero-order valence-electron chi connectivity index (χ0n) is 15.1. The summed E-state index contributed by atoms with van der Waals surface area (Å²) in [6.45, 7) is 3.52. The van der Waals surface area contributed by atoms with Gasteiger partial charge in [-0.3, -0.25) is 9.48 Å². The second kappa shape index (κ2) is 8.18. The number of amides is 1. The van der Waals surface area contributed by atoms with Crippen molar-refractivity contribution >= 4 is 15.9 Å². The highest BCUT2D eigenvalue weighted by atomic mass is 32.2. The number of hydrogen-bond acceptors (Lipinski definition) is 4. The molecule has 1 unspecified atom stereocenters. The number of carbonyl (C=O) groups is 1. The Morgan fingerprint density at radius 2 is 2.04 bits per heavy atom. The number of hydrogen-bond donors (Lipinski definition) is 1. The fraction of sp³-hybridized carbons (Fsp3) is 0.444. The van der Waals surface area contributed by atoms with Crippen molar-refractivity contribution in [2.45, 2.75) is 37.8 Å². The van der Waals surface area contributed by atoms with Crippen LogP contribution in [0.5, 0.6) is 0 Å². The van der Waals surface area contributed by atoms with Crippen LogP contribution in [0.4, 0.5) is 4.39 Å². The van der Waals surface area contributed by atoms with Crippen molar-refractivity contribution in [2.24, 2.45) is 5.92 Å². The second-order valence-electron chi connectivity index (χ2n) is 6.54. The summed E-state index contributed by atoms with van der Waals surface area (Å²) in [6.07, 6.45) is 3.08. The third-order valence-electron chi connectivity index (χ3n) is 4.67. The Balaban J connectivity index is 1.62. The lowest BCUT2D eigenvalue weighted by atomic mass is 9.99. The molecule has 1 aliphatic rings. The predicted molar refractivity (Wildman–Crippen MR) is 97.6 cm³/mol. The Morgan fingerprint density at radius 1 is 1.30 bits per heavy atom.